The summed E-state index contributed by atoms with van der Waals surface area (Å²) in [6.07, 6.45) is -0.735. The van der Waals surface area contributed by atoms with Crippen LogP contribution in [0.25, 0.3) is 0 Å². The number of nitrogens with zero attached hydrogens (tertiary/aromatic N) is 4. The maximum Gasteiger partial charge on any atom is 0.164 e. The van der Waals surface area contributed by atoms with Crippen molar-refractivity contribution in [3.05, 3.63) is 35.8 Å². The van der Waals surface area contributed by atoms with Crippen LogP contribution in [0.1, 0.15) is 17.5 Å². The number of hydrogen-bond donors (Lipinski definition) is 4. The lowest BCUT2D eigenvalue weighted by molar-refractivity contribution is -0.0519. The van der Waals surface area contributed by atoms with E-state index in [1.807, 2.05) is 0 Å². The highest BCUT2D eigenvalue weighted by Crippen LogP contribution is 2.36. The number of halogens is 1. The molecule has 1 fully saturated rings. The lowest BCUT2D eigenvalue weighted by atomic mass is 10.1. The SMILES string of the molecule is C=Nc1c(/C(=N\C)c2c[nH]cn2)c(F)cn1[C@@H]1O[C@H](CO)[C@@H](O)[C@H]1O. The van der Waals surface area contributed by atoms with Gasteiger partial charge in [-0.05, 0) is 6.72 Å². The Labute approximate surface area is 142 Å². The van der Waals surface area contributed by atoms with Crippen LogP contribution >= 0.6 is 0 Å². The lowest BCUT2D eigenvalue weighted by Gasteiger charge is -2.18. The van der Waals surface area contributed by atoms with Crippen molar-refractivity contribution in [2.75, 3.05) is 13.7 Å². The summed E-state index contributed by atoms with van der Waals surface area (Å²) in [5.41, 5.74) is 0.694. The number of imidazole rings is 1. The Morgan fingerprint density at radius 2 is 2.24 bits per heavy atom. The average molecular weight is 351 g/mol. The van der Waals surface area contributed by atoms with Crippen LogP contribution in [0.3, 0.4) is 0 Å². The fourth-order valence-corrected chi connectivity index (χ4v) is 2.91. The average Bonchev–Trinajstić information content (AvgIpc) is 3.30. The number of aliphatic imine (C=N–C) groups is 2. The summed E-state index contributed by atoms with van der Waals surface area (Å²) in [5, 5.41) is 29.3. The van der Waals surface area contributed by atoms with Crippen molar-refractivity contribution in [3.8, 4) is 0 Å². The lowest BCUT2D eigenvalue weighted by Crippen LogP contribution is -2.33. The van der Waals surface area contributed by atoms with Gasteiger partial charge < -0.3 is 29.6 Å². The van der Waals surface area contributed by atoms with Gasteiger partial charge in [0, 0.05) is 19.4 Å². The Morgan fingerprint density at radius 3 is 2.76 bits per heavy atom. The quantitative estimate of drug-likeness (QED) is 0.553. The van der Waals surface area contributed by atoms with Gasteiger partial charge in [-0.2, -0.15) is 0 Å². The number of aromatic nitrogens is 3. The van der Waals surface area contributed by atoms with E-state index < -0.39 is 37.0 Å². The van der Waals surface area contributed by atoms with Crippen molar-refractivity contribution in [2.24, 2.45) is 9.98 Å². The Morgan fingerprint density at radius 1 is 1.48 bits per heavy atom. The first kappa shape index (κ1) is 17.4. The zero-order chi connectivity index (χ0) is 18.1. The van der Waals surface area contributed by atoms with E-state index in [2.05, 4.69) is 26.7 Å². The van der Waals surface area contributed by atoms with Crippen molar-refractivity contribution in [1.29, 1.82) is 0 Å². The van der Waals surface area contributed by atoms with Gasteiger partial charge in [-0.15, -0.1) is 0 Å². The third-order valence-corrected chi connectivity index (χ3v) is 4.10. The summed E-state index contributed by atoms with van der Waals surface area (Å²) in [6.45, 7) is 2.96. The molecule has 2 aromatic heterocycles. The van der Waals surface area contributed by atoms with E-state index in [0.29, 0.717) is 5.69 Å². The second kappa shape index (κ2) is 6.84. The molecule has 3 rings (SSSR count). The van der Waals surface area contributed by atoms with Crippen molar-refractivity contribution in [3.63, 3.8) is 0 Å². The number of nitrogens with one attached hydrogen (secondary N) is 1. The largest absolute Gasteiger partial charge is 0.394 e. The molecule has 0 radical (unpaired) electrons. The third kappa shape index (κ3) is 2.78. The predicted molar refractivity (Wildman–Crippen MR) is 86.8 cm³/mol. The van der Waals surface area contributed by atoms with Crippen molar-refractivity contribution in [1.82, 2.24) is 14.5 Å². The minimum Gasteiger partial charge on any atom is -0.394 e. The number of ether oxygens (including phenoxy) is 1. The van der Waals surface area contributed by atoms with Gasteiger partial charge in [0.15, 0.2) is 12.0 Å². The van der Waals surface area contributed by atoms with Gasteiger partial charge in [0.1, 0.15) is 29.8 Å². The molecule has 134 valence electrons. The van der Waals surface area contributed by atoms with Gasteiger partial charge in [-0.25, -0.2) is 14.4 Å². The van der Waals surface area contributed by atoms with Crippen LogP contribution in [0, 0.1) is 5.82 Å². The minimum absolute atomic E-state index is 0.0438. The van der Waals surface area contributed by atoms with Crippen LogP contribution in [-0.2, 0) is 4.74 Å². The predicted octanol–water partition coefficient (Wildman–Crippen LogP) is -0.239. The molecule has 3 heterocycles. The molecule has 2 aromatic rings. The highest BCUT2D eigenvalue weighted by molar-refractivity contribution is 6.14. The molecule has 0 unspecified atom stereocenters. The van der Waals surface area contributed by atoms with Gasteiger partial charge in [0.2, 0.25) is 0 Å². The molecule has 0 saturated carbocycles. The van der Waals surface area contributed by atoms with E-state index in [9.17, 15) is 19.7 Å². The van der Waals surface area contributed by atoms with E-state index in [-0.39, 0.29) is 17.1 Å². The number of aromatic amines is 1. The maximum absolute atomic E-state index is 14.7. The van der Waals surface area contributed by atoms with E-state index >= 15 is 0 Å². The Kier molecular flexibility index (Phi) is 4.77. The van der Waals surface area contributed by atoms with Crippen LogP contribution in [0.2, 0.25) is 0 Å². The summed E-state index contributed by atoms with van der Waals surface area (Å²) in [6, 6.07) is 0. The molecule has 4 N–H and O–H groups in total. The molecule has 0 bridgehead atoms. The molecule has 25 heavy (non-hydrogen) atoms. The zero-order valence-corrected chi connectivity index (χ0v) is 13.4. The third-order valence-electron chi connectivity index (χ3n) is 4.10. The number of aliphatic hydroxyl groups is 3. The van der Waals surface area contributed by atoms with Crippen LogP contribution in [-0.4, -0.2) is 74.3 Å². The monoisotopic (exact) mass is 351 g/mol. The number of H-pyrrole nitrogens is 1. The van der Waals surface area contributed by atoms with Gasteiger partial charge in [-0.3, -0.25) is 4.99 Å². The van der Waals surface area contributed by atoms with Gasteiger partial charge >= 0.3 is 0 Å². The van der Waals surface area contributed by atoms with Crippen molar-refractivity contribution in [2.45, 2.75) is 24.5 Å². The molecular weight excluding hydrogens is 333 g/mol. The van der Waals surface area contributed by atoms with Crippen LogP contribution in [0.4, 0.5) is 10.2 Å². The van der Waals surface area contributed by atoms with Crippen LogP contribution < -0.4 is 0 Å². The smallest absolute Gasteiger partial charge is 0.164 e. The molecule has 1 aliphatic heterocycles. The number of rotatable bonds is 5. The first-order valence-corrected chi connectivity index (χ1v) is 7.49. The molecule has 0 aromatic carbocycles. The van der Waals surface area contributed by atoms with Crippen molar-refractivity contribution >= 4 is 18.2 Å². The Bertz CT molecular complexity index is 788. The summed E-state index contributed by atoms with van der Waals surface area (Å²) in [7, 11) is 1.49. The fourth-order valence-electron chi connectivity index (χ4n) is 2.91. The minimum atomic E-state index is -1.37. The molecule has 1 saturated heterocycles. The van der Waals surface area contributed by atoms with E-state index in [1.165, 1.54) is 17.9 Å². The maximum atomic E-state index is 14.7. The normalized spacial score (nSPS) is 27.0. The Balaban J connectivity index is 2.08. The standard InChI is InChI=1S/C15H18FN5O4/c1-17-11(8-3-19-6-20-8)10-7(16)4-21(14(10)18-2)15-13(24)12(23)9(5-22)25-15/h3-4,6,9,12-13,15,22-24H,2,5H2,1H3,(H,19,20)/b17-11-/t9-,12-,13-,15-/m1/s1. The van der Waals surface area contributed by atoms with Crippen LogP contribution in [0.5, 0.6) is 0 Å². The molecule has 0 amide bonds. The van der Waals surface area contributed by atoms with E-state index in [0.717, 1.165) is 6.20 Å². The molecule has 9 nitrogen and oxygen atoms in total. The topological polar surface area (TPSA) is 128 Å². The molecule has 10 heteroatoms. The Hall–Kier alpha value is -2.40. The second-order valence-electron chi connectivity index (χ2n) is 5.50. The highest BCUT2D eigenvalue weighted by atomic mass is 19.1. The van der Waals surface area contributed by atoms with Gasteiger partial charge in [-0.1, -0.05) is 0 Å². The van der Waals surface area contributed by atoms with Gasteiger partial charge in [0.05, 0.1) is 24.2 Å². The summed E-state index contributed by atoms with van der Waals surface area (Å²) in [4.78, 5) is 14.7. The number of hydrogen-bond acceptors (Lipinski definition) is 7. The van der Waals surface area contributed by atoms with Crippen LogP contribution in [0.15, 0.2) is 28.7 Å². The molecule has 1 aliphatic rings. The number of aliphatic hydroxyl groups excluding tert-OH is 3. The summed E-state index contributed by atoms with van der Waals surface area (Å²) < 4.78 is 21.3. The molecular formula is C15H18FN5O4. The van der Waals surface area contributed by atoms with Crippen molar-refractivity contribution < 1.29 is 24.4 Å². The fraction of sp³-hybridized carbons (Fsp3) is 0.400. The highest BCUT2D eigenvalue weighted by Gasteiger charge is 2.44. The zero-order valence-electron chi connectivity index (χ0n) is 13.4. The van der Waals surface area contributed by atoms with E-state index in [1.54, 1.807) is 6.20 Å². The first-order valence-electron chi connectivity index (χ1n) is 7.49. The summed E-state index contributed by atoms with van der Waals surface area (Å²) >= 11 is 0. The van der Waals surface area contributed by atoms with Gasteiger partial charge in [0.25, 0.3) is 0 Å². The van der Waals surface area contributed by atoms with E-state index in [4.69, 9.17) is 4.74 Å². The molecule has 4 atom stereocenters. The summed E-state index contributed by atoms with van der Waals surface area (Å²) in [5.74, 6) is -0.598. The second-order valence-corrected chi connectivity index (χ2v) is 5.50. The molecule has 0 aliphatic carbocycles. The first-order chi connectivity index (χ1) is 12.0. The molecule has 0 spiro atoms.